The predicted molar refractivity (Wildman–Crippen MR) is 83.9 cm³/mol. The topological polar surface area (TPSA) is 43.8 Å². The van der Waals surface area contributed by atoms with Crippen LogP contribution >= 0.6 is 0 Å². The van der Waals surface area contributed by atoms with E-state index in [1.165, 1.54) is 18.4 Å². The fraction of sp³-hybridized carbons (Fsp3) is 0.500. The van der Waals surface area contributed by atoms with Crippen LogP contribution in [0.15, 0.2) is 36.7 Å². The lowest BCUT2D eigenvalue weighted by molar-refractivity contribution is 0.499. The molecular weight excluding hydrogens is 258 g/mol. The Morgan fingerprint density at radius 1 is 1.38 bits per heavy atom. The molecule has 0 radical (unpaired) electrons. The van der Waals surface area contributed by atoms with E-state index in [1.54, 1.807) is 5.56 Å². The number of benzene rings is 1. The van der Waals surface area contributed by atoms with Crippen LogP contribution in [-0.4, -0.2) is 9.55 Å². The summed E-state index contributed by atoms with van der Waals surface area (Å²) >= 11 is 0. The molecule has 4 rings (SSSR count). The van der Waals surface area contributed by atoms with Crippen molar-refractivity contribution in [3.63, 3.8) is 0 Å². The summed E-state index contributed by atoms with van der Waals surface area (Å²) in [5.74, 6) is 3.08. The number of fused-ring (bicyclic) bond motifs is 3. The molecule has 0 saturated heterocycles. The molecule has 1 saturated carbocycles. The lowest BCUT2D eigenvalue weighted by Crippen LogP contribution is -2.19. The Morgan fingerprint density at radius 3 is 3.10 bits per heavy atom. The monoisotopic (exact) mass is 281 g/mol. The number of aromatic nitrogens is 2. The Balaban J connectivity index is 1.60. The van der Waals surface area contributed by atoms with Crippen LogP contribution in [0.25, 0.3) is 0 Å². The van der Waals surface area contributed by atoms with Gasteiger partial charge in [0.1, 0.15) is 5.82 Å². The Kier molecular flexibility index (Phi) is 3.11. The molecule has 1 aromatic carbocycles. The third kappa shape index (κ3) is 2.03. The van der Waals surface area contributed by atoms with Crippen molar-refractivity contribution in [1.82, 2.24) is 9.55 Å². The lowest BCUT2D eigenvalue weighted by atomic mass is 9.92. The highest BCUT2D eigenvalue weighted by atomic mass is 15.1. The lowest BCUT2D eigenvalue weighted by Gasteiger charge is -2.14. The van der Waals surface area contributed by atoms with Crippen molar-refractivity contribution in [2.24, 2.45) is 17.6 Å². The zero-order valence-corrected chi connectivity index (χ0v) is 12.6. The van der Waals surface area contributed by atoms with Gasteiger partial charge < -0.3 is 10.3 Å². The standard InChI is InChI=1S/C18H23N3/c1-2-10-21-11-9-20-18(21)17(19)16-14-8-7-12-5-3-4-6-13(12)15(14)16/h3-6,9,11,14-17H,2,7-8,10,19H2,1H3. The van der Waals surface area contributed by atoms with Crippen molar-refractivity contribution in [3.8, 4) is 0 Å². The number of nitrogens with two attached hydrogens (primary N) is 1. The fourth-order valence-corrected chi connectivity index (χ4v) is 4.33. The maximum absolute atomic E-state index is 6.61. The van der Waals surface area contributed by atoms with Crippen LogP contribution < -0.4 is 5.73 Å². The quantitative estimate of drug-likeness (QED) is 0.934. The Bertz CT molecular complexity index is 645. The molecule has 2 aliphatic carbocycles. The van der Waals surface area contributed by atoms with Crippen LogP contribution in [0.1, 0.15) is 48.7 Å². The van der Waals surface area contributed by atoms with Crippen LogP contribution in [0.3, 0.4) is 0 Å². The van der Waals surface area contributed by atoms with E-state index in [9.17, 15) is 0 Å². The zero-order chi connectivity index (χ0) is 14.4. The number of imidazole rings is 1. The molecule has 0 bridgehead atoms. The fourth-order valence-electron chi connectivity index (χ4n) is 4.33. The molecule has 2 aliphatic rings. The minimum Gasteiger partial charge on any atom is -0.334 e. The van der Waals surface area contributed by atoms with E-state index < -0.39 is 0 Å². The van der Waals surface area contributed by atoms with Gasteiger partial charge in [-0.25, -0.2) is 4.98 Å². The number of nitrogens with zero attached hydrogens (tertiary/aromatic N) is 2. The normalized spacial score (nSPS) is 27.8. The molecule has 3 heteroatoms. The molecule has 21 heavy (non-hydrogen) atoms. The first-order valence-corrected chi connectivity index (χ1v) is 8.15. The van der Waals surface area contributed by atoms with Gasteiger partial charge in [-0.3, -0.25) is 0 Å². The van der Waals surface area contributed by atoms with E-state index in [0.717, 1.165) is 24.7 Å². The summed E-state index contributed by atoms with van der Waals surface area (Å²) in [6.45, 7) is 3.21. The van der Waals surface area contributed by atoms with E-state index in [1.807, 2.05) is 6.20 Å². The minimum absolute atomic E-state index is 0.0766. The van der Waals surface area contributed by atoms with Gasteiger partial charge in [0, 0.05) is 18.9 Å². The van der Waals surface area contributed by atoms with Crippen molar-refractivity contribution in [2.45, 2.75) is 44.7 Å². The first-order chi connectivity index (χ1) is 10.3. The number of hydrogen-bond acceptors (Lipinski definition) is 2. The van der Waals surface area contributed by atoms with Gasteiger partial charge in [-0.05, 0) is 48.1 Å². The first kappa shape index (κ1) is 13.1. The molecule has 0 amide bonds. The third-order valence-corrected chi connectivity index (χ3v) is 5.32. The SMILES string of the molecule is CCCn1ccnc1C(N)C1C2CCc3ccccc3C21. The van der Waals surface area contributed by atoms with E-state index in [2.05, 4.69) is 46.9 Å². The third-order valence-electron chi connectivity index (χ3n) is 5.32. The highest BCUT2D eigenvalue weighted by Crippen LogP contribution is 2.63. The van der Waals surface area contributed by atoms with E-state index in [0.29, 0.717) is 11.8 Å². The van der Waals surface area contributed by atoms with Crippen molar-refractivity contribution in [2.75, 3.05) is 0 Å². The van der Waals surface area contributed by atoms with Gasteiger partial charge in [0.05, 0.1) is 6.04 Å². The van der Waals surface area contributed by atoms with E-state index >= 15 is 0 Å². The van der Waals surface area contributed by atoms with Crippen LogP contribution in [0.2, 0.25) is 0 Å². The second-order valence-corrected chi connectivity index (χ2v) is 6.51. The molecule has 2 N–H and O–H groups in total. The molecule has 1 aromatic heterocycles. The van der Waals surface area contributed by atoms with E-state index in [-0.39, 0.29) is 6.04 Å². The number of rotatable bonds is 4. The summed E-state index contributed by atoms with van der Waals surface area (Å²) in [6, 6.07) is 8.99. The number of aryl methyl sites for hydroxylation is 2. The van der Waals surface area contributed by atoms with Crippen molar-refractivity contribution < 1.29 is 0 Å². The van der Waals surface area contributed by atoms with Gasteiger partial charge in [-0.15, -0.1) is 0 Å². The van der Waals surface area contributed by atoms with Crippen molar-refractivity contribution >= 4 is 0 Å². The molecule has 0 spiro atoms. The summed E-state index contributed by atoms with van der Waals surface area (Å²) in [7, 11) is 0. The van der Waals surface area contributed by atoms with Crippen molar-refractivity contribution in [3.05, 3.63) is 53.6 Å². The molecular formula is C18H23N3. The Labute approximate surface area is 126 Å². The van der Waals surface area contributed by atoms with Gasteiger partial charge in [-0.1, -0.05) is 31.2 Å². The molecule has 110 valence electrons. The molecule has 1 fully saturated rings. The van der Waals surface area contributed by atoms with E-state index in [4.69, 9.17) is 5.73 Å². The molecule has 0 aliphatic heterocycles. The van der Waals surface area contributed by atoms with Gasteiger partial charge in [-0.2, -0.15) is 0 Å². The summed E-state index contributed by atoms with van der Waals surface area (Å²) in [5, 5.41) is 0. The summed E-state index contributed by atoms with van der Waals surface area (Å²) in [6.07, 6.45) is 7.58. The van der Waals surface area contributed by atoms with Gasteiger partial charge >= 0.3 is 0 Å². The smallest absolute Gasteiger partial charge is 0.125 e. The zero-order valence-electron chi connectivity index (χ0n) is 12.6. The van der Waals surface area contributed by atoms with Crippen LogP contribution in [0, 0.1) is 11.8 Å². The highest BCUT2D eigenvalue weighted by Gasteiger charge is 2.56. The van der Waals surface area contributed by atoms with Crippen LogP contribution in [0.5, 0.6) is 0 Å². The van der Waals surface area contributed by atoms with Crippen molar-refractivity contribution in [1.29, 1.82) is 0 Å². The molecule has 3 nitrogen and oxygen atoms in total. The Morgan fingerprint density at radius 2 is 2.24 bits per heavy atom. The molecule has 2 aromatic rings. The largest absolute Gasteiger partial charge is 0.334 e. The maximum atomic E-state index is 6.61. The van der Waals surface area contributed by atoms with Crippen LogP contribution in [0.4, 0.5) is 0 Å². The predicted octanol–water partition coefficient (Wildman–Crippen LogP) is 3.27. The second-order valence-electron chi connectivity index (χ2n) is 6.51. The molecule has 4 atom stereocenters. The summed E-state index contributed by atoms with van der Waals surface area (Å²) in [5.41, 5.74) is 9.69. The minimum atomic E-state index is 0.0766. The second kappa shape index (κ2) is 4.99. The first-order valence-electron chi connectivity index (χ1n) is 8.15. The molecule has 1 heterocycles. The highest BCUT2D eigenvalue weighted by molar-refractivity contribution is 5.40. The summed E-state index contributed by atoms with van der Waals surface area (Å²) < 4.78 is 2.24. The average Bonchev–Trinajstić information content (AvgIpc) is 3.09. The number of hydrogen-bond donors (Lipinski definition) is 1. The average molecular weight is 281 g/mol. The Hall–Kier alpha value is -1.61. The summed E-state index contributed by atoms with van der Waals surface area (Å²) in [4.78, 5) is 4.55. The molecule has 4 unspecified atom stereocenters. The van der Waals surface area contributed by atoms with Crippen LogP contribution in [-0.2, 0) is 13.0 Å². The van der Waals surface area contributed by atoms with Gasteiger partial charge in [0.15, 0.2) is 0 Å². The maximum Gasteiger partial charge on any atom is 0.125 e. The van der Waals surface area contributed by atoms with Gasteiger partial charge in [0.25, 0.3) is 0 Å². The van der Waals surface area contributed by atoms with Gasteiger partial charge in [0.2, 0.25) is 0 Å².